The zero-order valence-corrected chi connectivity index (χ0v) is 13.2. The SMILES string of the molecule is CN(C)[C@@H]1CCN(S(=O)(=O)c2ccc(F)c(Br)c2)C1. The summed E-state index contributed by atoms with van der Waals surface area (Å²) in [5.41, 5.74) is 0. The van der Waals surface area contributed by atoms with E-state index in [9.17, 15) is 12.8 Å². The molecule has 1 aromatic rings. The number of hydrogen-bond acceptors (Lipinski definition) is 3. The molecule has 1 aliphatic heterocycles. The van der Waals surface area contributed by atoms with Crippen LogP contribution in [0.2, 0.25) is 0 Å². The summed E-state index contributed by atoms with van der Waals surface area (Å²) in [4.78, 5) is 2.15. The third kappa shape index (κ3) is 2.99. The summed E-state index contributed by atoms with van der Waals surface area (Å²) in [7, 11) is 0.345. The van der Waals surface area contributed by atoms with E-state index in [1.54, 1.807) is 0 Å². The molecular weight excluding hydrogens is 335 g/mol. The maximum Gasteiger partial charge on any atom is 0.243 e. The first-order valence-corrected chi connectivity index (χ1v) is 8.17. The molecule has 0 aliphatic carbocycles. The highest BCUT2D eigenvalue weighted by Crippen LogP contribution is 2.26. The number of benzene rings is 1. The number of sulfonamides is 1. The molecule has 1 aliphatic rings. The van der Waals surface area contributed by atoms with Gasteiger partial charge in [-0.2, -0.15) is 4.31 Å². The van der Waals surface area contributed by atoms with Crippen molar-refractivity contribution in [2.24, 2.45) is 0 Å². The Morgan fingerprint density at radius 2 is 2.11 bits per heavy atom. The number of nitrogens with zero attached hydrogens (tertiary/aromatic N) is 2. The zero-order chi connectivity index (χ0) is 14.2. The molecule has 2 rings (SSSR count). The van der Waals surface area contributed by atoms with E-state index in [1.807, 2.05) is 19.0 Å². The van der Waals surface area contributed by atoms with Crippen LogP contribution in [0.3, 0.4) is 0 Å². The third-order valence-electron chi connectivity index (χ3n) is 3.39. The Kier molecular flexibility index (Phi) is 4.29. The van der Waals surface area contributed by atoms with Crippen molar-refractivity contribution in [3.63, 3.8) is 0 Å². The lowest BCUT2D eigenvalue weighted by molar-refractivity contribution is 0.302. The standard InChI is InChI=1S/C12H16BrFN2O2S/c1-15(2)9-5-6-16(8-9)19(17,18)10-3-4-12(14)11(13)7-10/h3-4,7,9H,5-6,8H2,1-2H3/t9-/m1/s1. The maximum absolute atomic E-state index is 13.2. The van der Waals surface area contributed by atoms with E-state index >= 15 is 0 Å². The number of halogens is 2. The Balaban J connectivity index is 2.26. The number of likely N-dealkylation sites (N-methyl/N-ethyl adjacent to an activating group) is 1. The van der Waals surface area contributed by atoms with Crippen molar-refractivity contribution in [1.82, 2.24) is 9.21 Å². The summed E-state index contributed by atoms with van der Waals surface area (Å²) in [5, 5.41) is 0. The second-order valence-electron chi connectivity index (χ2n) is 4.85. The number of rotatable bonds is 3. The van der Waals surface area contributed by atoms with Crippen LogP contribution in [0.1, 0.15) is 6.42 Å². The highest BCUT2D eigenvalue weighted by Gasteiger charge is 2.33. The first-order valence-electron chi connectivity index (χ1n) is 5.94. The molecule has 0 radical (unpaired) electrons. The minimum Gasteiger partial charge on any atom is -0.305 e. The second-order valence-corrected chi connectivity index (χ2v) is 7.64. The molecule has 1 heterocycles. The van der Waals surface area contributed by atoms with Crippen LogP contribution in [0.5, 0.6) is 0 Å². The highest BCUT2D eigenvalue weighted by atomic mass is 79.9. The van der Waals surface area contributed by atoms with Gasteiger partial charge in [0.15, 0.2) is 0 Å². The molecule has 4 nitrogen and oxygen atoms in total. The van der Waals surface area contributed by atoms with Gasteiger partial charge in [0.2, 0.25) is 10.0 Å². The summed E-state index contributed by atoms with van der Waals surface area (Å²) in [6.07, 6.45) is 0.814. The fourth-order valence-electron chi connectivity index (χ4n) is 2.14. The first-order chi connectivity index (χ1) is 8.82. The molecular formula is C12H16BrFN2O2S. The Morgan fingerprint density at radius 1 is 1.42 bits per heavy atom. The molecule has 7 heteroatoms. The fourth-order valence-corrected chi connectivity index (χ4v) is 4.19. The van der Waals surface area contributed by atoms with Crippen LogP contribution < -0.4 is 0 Å². The molecule has 0 saturated carbocycles. The maximum atomic E-state index is 13.2. The molecule has 0 unspecified atom stereocenters. The predicted molar refractivity (Wildman–Crippen MR) is 75.0 cm³/mol. The monoisotopic (exact) mass is 350 g/mol. The van der Waals surface area contributed by atoms with Gasteiger partial charge in [0.1, 0.15) is 5.82 Å². The van der Waals surface area contributed by atoms with Crippen LogP contribution in [0.25, 0.3) is 0 Å². The minimum absolute atomic E-state index is 0.125. The lowest BCUT2D eigenvalue weighted by Gasteiger charge is -2.20. The van der Waals surface area contributed by atoms with Gasteiger partial charge in [-0.05, 0) is 54.6 Å². The molecule has 1 atom stereocenters. The van der Waals surface area contributed by atoms with E-state index in [-0.39, 0.29) is 15.4 Å². The molecule has 0 aromatic heterocycles. The summed E-state index contributed by atoms with van der Waals surface area (Å²) in [5.74, 6) is -0.466. The van der Waals surface area contributed by atoms with E-state index in [2.05, 4.69) is 15.9 Å². The van der Waals surface area contributed by atoms with E-state index in [0.717, 1.165) is 12.5 Å². The smallest absolute Gasteiger partial charge is 0.243 e. The van der Waals surface area contributed by atoms with Gasteiger partial charge in [-0.1, -0.05) is 0 Å². The summed E-state index contributed by atoms with van der Waals surface area (Å²) in [6.45, 7) is 0.977. The van der Waals surface area contributed by atoms with Crippen molar-refractivity contribution in [2.45, 2.75) is 17.4 Å². The van der Waals surface area contributed by atoms with E-state index in [0.29, 0.717) is 13.1 Å². The van der Waals surface area contributed by atoms with Crippen LogP contribution in [0, 0.1) is 5.82 Å². The Labute approximate surface area is 121 Å². The molecule has 0 spiro atoms. The topological polar surface area (TPSA) is 40.6 Å². The Hall–Kier alpha value is -0.500. The molecule has 1 saturated heterocycles. The molecule has 0 amide bonds. The zero-order valence-electron chi connectivity index (χ0n) is 10.8. The summed E-state index contributed by atoms with van der Waals surface area (Å²) >= 11 is 3.02. The van der Waals surface area contributed by atoms with Crippen molar-refractivity contribution in [3.05, 3.63) is 28.5 Å². The Bertz CT molecular complexity index is 577. The number of hydrogen-bond donors (Lipinski definition) is 0. The summed E-state index contributed by atoms with van der Waals surface area (Å²) in [6, 6.07) is 4.02. The highest BCUT2D eigenvalue weighted by molar-refractivity contribution is 9.10. The second kappa shape index (κ2) is 5.47. The van der Waals surface area contributed by atoms with E-state index in [4.69, 9.17) is 0 Å². The molecule has 1 aromatic carbocycles. The average molecular weight is 351 g/mol. The van der Waals surface area contributed by atoms with Gasteiger partial charge in [0.05, 0.1) is 9.37 Å². The van der Waals surface area contributed by atoms with E-state index in [1.165, 1.54) is 16.4 Å². The van der Waals surface area contributed by atoms with Crippen molar-refractivity contribution >= 4 is 26.0 Å². The van der Waals surface area contributed by atoms with Crippen LogP contribution in [-0.2, 0) is 10.0 Å². The van der Waals surface area contributed by atoms with Crippen molar-refractivity contribution in [2.75, 3.05) is 27.2 Å². The molecule has 106 valence electrons. The summed E-state index contributed by atoms with van der Waals surface area (Å²) < 4.78 is 39.7. The largest absolute Gasteiger partial charge is 0.305 e. The van der Waals surface area contributed by atoms with Gasteiger partial charge in [-0.25, -0.2) is 12.8 Å². The first kappa shape index (κ1) is 14.9. The fraction of sp³-hybridized carbons (Fsp3) is 0.500. The van der Waals surface area contributed by atoms with Crippen LogP contribution in [0.15, 0.2) is 27.6 Å². The molecule has 19 heavy (non-hydrogen) atoms. The molecule has 0 bridgehead atoms. The van der Waals surface area contributed by atoms with Gasteiger partial charge < -0.3 is 4.90 Å². The van der Waals surface area contributed by atoms with Crippen LogP contribution in [0.4, 0.5) is 4.39 Å². The van der Waals surface area contributed by atoms with Crippen molar-refractivity contribution < 1.29 is 12.8 Å². The van der Waals surface area contributed by atoms with Crippen molar-refractivity contribution in [1.29, 1.82) is 0 Å². The van der Waals surface area contributed by atoms with Crippen LogP contribution in [-0.4, -0.2) is 50.8 Å². The Morgan fingerprint density at radius 3 is 2.63 bits per heavy atom. The predicted octanol–water partition coefficient (Wildman–Crippen LogP) is 1.91. The average Bonchev–Trinajstić information content (AvgIpc) is 2.82. The van der Waals surface area contributed by atoms with Crippen LogP contribution >= 0.6 is 15.9 Å². The van der Waals surface area contributed by atoms with Gasteiger partial charge >= 0.3 is 0 Å². The lowest BCUT2D eigenvalue weighted by atomic mass is 10.2. The van der Waals surface area contributed by atoms with E-state index < -0.39 is 15.8 Å². The quantitative estimate of drug-likeness (QED) is 0.835. The lowest BCUT2D eigenvalue weighted by Crippen LogP contribution is -2.34. The molecule has 1 fully saturated rings. The van der Waals surface area contributed by atoms with Crippen molar-refractivity contribution in [3.8, 4) is 0 Å². The van der Waals surface area contributed by atoms with Gasteiger partial charge in [0.25, 0.3) is 0 Å². The molecule has 0 N–H and O–H groups in total. The van der Waals surface area contributed by atoms with Gasteiger partial charge in [0, 0.05) is 19.1 Å². The normalized spacial score (nSPS) is 21.2. The minimum atomic E-state index is -3.53. The van der Waals surface area contributed by atoms with Gasteiger partial charge in [-0.15, -0.1) is 0 Å². The van der Waals surface area contributed by atoms with Gasteiger partial charge in [-0.3, -0.25) is 0 Å². The third-order valence-corrected chi connectivity index (χ3v) is 5.85.